The zero-order valence-corrected chi connectivity index (χ0v) is 12.2. The summed E-state index contributed by atoms with van der Waals surface area (Å²) in [6, 6.07) is 0.200. The van der Waals surface area contributed by atoms with Crippen LogP contribution < -0.4 is 0 Å². The van der Waals surface area contributed by atoms with Gasteiger partial charge in [0.2, 0.25) is 0 Å². The highest BCUT2D eigenvalue weighted by Crippen LogP contribution is 2.40. The van der Waals surface area contributed by atoms with E-state index in [1.165, 1.54) is 12.8 Å². The number of aliphatic hydroxyl groups excluding tert-OH is 1. The summed E-state index contributed by atoms with van der Waals surface area (Å²) in [7, 11) is 0. The average Bonchev–Trinajstić information content (AvgIpc) is 2.80. The monoisotopic (exact) mass is 269 g/mol. The number of rotatable bonds is 1. The van der Waals surface area contributed by atoms with Gasteiger partial charge in [0.25, 0.3) is 0 Å². The molecule has 0 aromatic heterocycles. The second-order valence-electron chi connectivity index (χ2n) is 7.22. The third kappa shape index (κ3) is 2.82. The Kier molecular flexibility index (Phi) is 3.63. The molecule has 0 aromatic rings. The summed E-state index contributed by atoms with van der Waals surface area (Å²) in [5.74, 6) is -0.397. The van der Waals surface area contributed by atoms with Crippen LogP contribution in [0.4, 0.5) is 0 Å². The summed E-state index contributed by atoms with van der Waals surface area (Å²) >= 11 is 0. The first-order valence-electron chi connectivity index (χ1n) is 7.70. The van der Waals surface area contributed by atoms with Gasteiger partial charge in [0.05, 0.1) is 19.3 Å². The van der Waals surface area contributed by atoms with Crippen molar-refractivity contribution < 1.29 is 14.6 Å². The largest absolute Gasteiger partial charge is 0.391 e. The molecule has 2 saturated heterocycles. The first-order valence-corrected chi connectivity index (χ1v) is 7.70. The highest BCUT2D eigenvalue weighted by Gasteiger charge is 2.47. The standard InChI is InChI=1S/C15H27NO3/c1-14(2)5-3-7-16(11-14)12-10-15(6-4-13(12)17)18-8-9-19-15/h12-13,17H,3-11H2,1-2H3. The Labute approximate surface area is 116 Å². The Hall–Kier alpha value is -0.160. The molecule has 19 heavy (non-hydrogen) atoms. The van der Waals surface area contributed by atoms with Crippen LogP contribution in [0.5, 0.6) is 0 Å². The summed E-state index contributed by atoms with van der Waals surface area (Å²) in [6.45, 7) is 8.23. The lowest BCUT2D eigenvalue weighted by Gasteiger charge is -2.48. The van der Waals surface area contributed by atoms with Crippen LogP contribution in [-0.2, 0) is 9.47 Å². The zero-order valence-electron chi connectivity index (χ0n) is 12.2. The van der Waals surface area contributed by atoms with Crippen LogP contribution in [0.25, 0.3) is 0 Å². The molecule has 0 amide bonds. The van der Waals surface area contributed by atoms with Crippen molar-refractivity contribution >= 4 is 0 Å². The van der Waals surface area contributed by atoms with E-state index in [2.05, 4.69) is 18.7 Å². The molecule has 0 radical (unpaired) electrons. The van der Waals surface area contributed by atoms with E-state index in [1.54, 1.807) is 0 Å². The molecular weight excluding hydrogens is 242 g/mol. The Morgan fingerprint density at radius 2 is 1.89 bits per heavy atom. The molecule has 3 fully saturated rings. The van der Waals surface area contributed by atoms with Gasteiger partial charge in [-0.1, -0.05) is 13.8 Å². The molecule has 3 aliphatic rings. The average molecular weight is 269 g/mol. The van der Waals surface area contributed by atoms with Crippen LogP contribution in [0.2, 0.25) is 0 Å². The minimum atomic E-state index is -0.397. The van der Waals surface area contributed by atoms with Crippen molar-refractivity contribution in [1.29, 1.82) is 0 Å². The quantitative estimate of drug-likeness (QED) is 0.787. The predicted octanol–water partition coefficient (Wildman–Crippen LogP) is 1.76. The van der Waals surface area contributed by atoms with Gasteiger partial charge in [-0.25, -0.2) is 0 Å². The molecule has 3 rings (SSSR count). The van der Waals surface area contributed by atoms with Gasteiger partial charge in [0.15, 0.2) is 5.79 Å². The highest BCUT2D eigenvalue weighted by atomic mass is 16.7. The first-order chi connectivity index (χ1) is 9.00. The van der Waals surface area contributed by atoms with Gasteiger partial charge in [-0.3, -0.25) is 4.90 Å². The van der Waals surface area contributed by atoms with Gasteiger partial charge in [-0.05, 0) is 31.2 Å². The van der Waals surface area contributed by atoms with Gasteiger partial charge in [-0.15, -0.1) is 0 Å². The summed E-state index contributed by atoms with van der Waals surface area (Å²) in [5.41, 5.74) is 0.361. The SMILES string of the molecule is CC1(C)CCCN(C2CC3(CCC2O)OCCO3)C1. The van der Waals surface area contributed by atoms with Gasteiger partial charge < -0.3 is 14.6 Å². The molecule has 4 heteroatoms. The van der Waals surface area contributed by atoms with Crippen molar-refractivity contribution in [2.24, 2.45) is 5.41 Å². The Bertz CT molecular complexity index is 325. The van der Waals surface area contributed by atoms with Gasteiger partial charge in [0.1, 0.15) is 0 Å². The van der Waals surface area contributed by atoms with E-state index in [1.807, 2.05) is 0 Å². The van der Waals surface area contributed by atoms with Gasteiger partial charge in [-0.2, -0.15) is 0 Å². The number of ether oxygens (including phenoxy) is 2. The number of hydrogen-bond acceptors (Lipinski definition) is 4. The van der Waals surface area contributed by atoms with Crippen LogP contribution in [0.3, 0.4) is 0 Å². The molecule has 110 valence electrons. The van der Waals surface area contributed by atoms with Crippen LogP contribution in [0.1, 0.15) is 46.0 Å². The van der Waals surface area contributed by atoms with Crippen molar-refractivity contribution in [1.82, 2.24) is 4.90 Å². The molecule has 2 heterocycles. The van der Waals surface area contributed by atoms with Crippen molar-refractivity contribution in [3.8, 4) is 0 Å². The Morgan fingerprint density at radius 3 is 2.58 bits per heavy atom. The van der Waals surface area contributed by atoms with Crippen molar-refractivity contribution in [2.75, 3.05) is 26.3 Å². The van der Waals surface area contributed by atoms with E-state index in [0.717, 1.165) is 32.4 Å². The zero-order chi connectivity index (χ0) is 13.5. The molecule has 1 aliphatic carbocycles. The number of piperidine rings is 1. The molecule has 1 spiro atoms. The Morgan fingerprint density at radius 1 is 1.16 bits per heavy atom. The lowest BCUT2D eigenvalue weighted by molar-refractivity contribution is -0.207. The fraction of sp³-hybridized carbons (Fsp3) is 1.00. The molecule has 1 saturated carbocycles. The number of aliphatic hydroxyl groups is 1. The second-order valence-corrected chi connectivity index (χ2v) is 7.22. The number of hydrogen-bond donors (Lipinski definition) is 1. The molecule has 1 N–H and O–H groups in total. The van der Waals surface area contributed by atoms with Gasteiger partial charge in [0, 0.05) is 25.4 Å². The number of likely N-dealkylation sites (tertiary alicyclic amines) is 1. The molecule has 2 atom stereocenters. The molecule has 0 aromatic carbocycles. The van der Waals surface area contributed by atoms with Crippen molar-refractivity contribution in [2.45, 2.75) is 63.9 Å². The fourth-order valence-corrected chi connectivity index (χ4v) is 4.00. The second kappa shape index (κ2) is 4.99. The minimum absolute atomic E-state index is 0.200. The van der Waals surface area contributed by atoms with E-state index in [4.69, 9.17) is 9.47 Å². The Balaban J connectivity index is 1.71. The molecular formula is C15H27NO3. The van der Waals surface area contributed by atoms with Crippen LogP contribution in [-0.4, -0.2) is 54.2 Å². The van der Waals surface area contributed by atoms with E-state index in [-0.39, 0.29) is 12.1 Å². The van der Waals surface area contributed by atoms with Gasteiger partial charge >= 0.3 is 0 Å². The maximum Gasteiger partial charge on any atom is 0.170 e. The summed E-state index contributed by atoms with van der Waals surface area (Å²) < 4.78 is 11.7. The number of nitrogens with zero attached hydrogens (tertiary/aromatic N) is 1. The normalized spacial score (nSPS) is 38.7. The van der Waals surface area contributed by atoms with Crippen LogP contribution >= 0.6 is 0 Å². The fourth-order valence-electron chi connectivity index (χ4n) is 4.00. The van der Waals surface area contributed by atoms with E-state index in [0.29, 0.717) is 18.6 Å². The summed E-state index contributed by atoms with van der Waals surface area (Å²) in [5, 5.41) is 10.4. The smallest absolute Gasteiger partial charge is 0.170 e. The highest BCUT2D eigenvalue weighted by molar-refractivity contribution is 4.95. The minimum Gasteiger partial charge on any atom is -0.391 e. The van der Waals surface area contributed by atoms with Crippen molar-refractivity contribution in [3.63, 3.8) is 0 Å². The van der Waals surface area contributed by atoms with E-state index < -0.39 is 5.79 Å². The topological polar surface area (TPSA) is 41.9 Å². The van der Waals surface area contributed by atoms with E-state index in [9.17, 15) is 5.11 Å². The van der Waals surface area contributed by atoms with E-state index >= 15 is 0 Å². The lowest BCUT2D eigenvalue weighted by Crippen LogP contribution is -2.56. The third-order valence-corrected chi connectivity index (χ3v) is 5.00. The molecule has 0 bridgehead atoms. The molecule has 4 nitrogen and oxygen atoms in total. The predicted molar refractivity (Wildman–Crippen MR) is 72.9 cm³/mol. The maximum absolute atomic E-state index is 10.4. The summed E-state index contributed by atoms with van der Waals surface area (Å²) in [4.78, 5) is 2.47. The molecule has 2 unspecified atom stereocenters. The lowest BCUT2D eigenvalue weighted by atomic mass is 9.80. The van der Waals surface area contributed by atoms with Crippen LogP contribution in [0, 0.1) is 5.41 Å². The third-order valence-electron chi connectivity index (χ3n) is 5.00. The first kappa shape index (κ1) is 13.8. The van der Waals surface area contributed by atoms with Crippen molar-refractivity contribution in [3.05, 3.63) is 0 Å². The summed E-state index contributed by atoms with van der Waals surface area (Å²) in [6.07, 6.45) is 4.73. The molecule has 2 aliphatic heterocycles. The van der Waals surface area contributed by atoms with Crippen LogP contribution in [0.15, 0.2) is 0 Å². The maximum atomic E-state index is 10.4.